The highest BCUT2D eigenvalue weighted by Crippen LogP contribution is 2.37. The van der Waals surface area contributed by atoms with Crippen LogP contribution in [0, 0.1) is 5.82 Å². The maximum absolute atomic E-state index is 14.3. The van der Waals surface area contributed by atoms with Crippen molar-refractivity contribution in [2.45, 2.75) is 31.5 Å². The summed E-state index contributed by atoms with van der Waals surface area (Å²) in [5, 5.41) is 19.0. The van der Waals surface area contributed by atoms with Crippen LogP contribution in [0.2, 0.25) is 0 Å². The van der Waals surface area contributed by atoms with E-state index in [4.69, 9.17) is 14.6 Å². The van der Waals surface area contributed by atoms with Crippen molar-refractivity contribution in [2.75, 3.05) is 7.11 Å². The Morgan fingerprint density at radius 1 is 1.16 bits per heavy atom. The van der Waals surface area contributed by atoms with Gasteiger partial charge in [0.05, 0.1) is 19.6 Å². The van der Waals surface area contributed by atoms with Gasteiger partial charge in [-0.2, -0.15) is 0 Å². The van der Waals surface area contributed by atoms with E-state index in [1.807, 2.05) is 30.3 Å². The van der Waals surface area contributed by atoms with Crippen molar-refractivity contribution in [3.8, 4) is 22.6 Å². The van der Waals surface area contributed by atoms with E-state index >= 15 is 0 Å². The molecule has 2 N–H and O–H groups in total. The van der Waals surface area contributed by atoms with E-state index in [0.717, 1.165) is 29.5 Å². The maximum Gasteiger partial charge on any atom is 0.306 e. The van der Waals surface area contributed by atoms with Gasteiger partial charge in [0.25, 0.3) is 0 Å². The topological polar surface area (TPSA) is 76.0 Å². The second-order valence-electron chi connectivity index (χ2n) is 7.59. The van der Waals surface area contributed by atoms with Crippen molar-refractivity contribution in [3.63, 3.8) is 0 Å². The average molecular weight is 422 g/mol. The first-order valence-electron chi connectivity index (χ1n) is 10.1. The van der Waals surface area contributed by atoms with Gasteiger partial charge in [-0.25, -0.2) is 4.39 Å². The van der Waals surface area contributed by atoms with Gasteiger partial charge < -0.3 is 19.7 Å². The minimum Gasteiger partial charge on any atom is -0.497 e. The Labute approximate surface area is 179 Å². The fourth-order valence-corrected chi connectivity index (χ4v) is 3.84. The number of ether oxygens (including phenoxy) is 2. The molecule has 0 amide bonds. The minimum absolute atomic E-state index is 0.177. The predicted octanol–water partition coefficient (Wildman–Crippen LogP) is 5.08. The summed E-state index contributed by atoms with van der Waals surface area (Å²) in [5.41, 5.74) is 3.73. The molecule has 2 atom stereocenters. The van der Waals surface area contributed by atoms with Crippen molar-refractivity contribution < 1.29 is 28.9 Å². The number of halogens is 1. The third-order valence-electron chi connectivity index (χ3n) is 5.56. The summed E-state index contributed by atoms with van der Waals surface area (Å²) in [5.74, 6) is -0.130. The van der Waals surface area contributed by atoms with Crippen molar-refractivity contribution in [1.29, 1.82) is 0 Å². The Morgan fingerprint density at radius 3 is 2.65 bits per heavy atom. The minimum atomic E-state index is -1.08. The van der Waals surface area contributed by atoms with Gasteiger partial charge in [0.2, 0.25) is 0 Å². The zero-order valence-corrected chi connectivity index (χ0v) is 17.0. The number of hydrogen-bond acceptors (Lipinski definition) is 4. The van der Waals surface area contributed by atoms with Gasteiger partial charge in [0.1, 0.15) is 23.4 Å². The van der Waals surface area contributed by atoms with Gasteiger partial charge in [-0.05, 0) is 59.4 Å². The maximum atomic E-state index is 14.3. The molecule has 1 aliphatic heterocycles. The second kappa shape index (κ2) is 8.78. The fraction of sp³-hybridized carbons (Fsp3) is 0.240. The lowest BCUT2D eigenvalue weighted by atomic mass is 9.94. The van der Waals surface area contributed by atoms with Crippen LogP contribution in [0.3, 0.4) is 0 Å². The molecule has 1 aliphatic rings. The monoisotopic (exact) mass is 422 g/mol. The standard InChI is InChI=1S/C25H23FO5/c1-30-19-9-10-21(26)20(13-19)15-2-4-16(5-3-15)23-11-8-17-6-7-18(12-24(17)31-23)22(27)14-25(28)29/h2-7,9-10,12-13,22-23,27H,8,11,14H2,1H3,(H,28,29)/t22-,23?/m1/s1. The average Bonchev–Trinajstić information content (AvgIpc) is 2.78. The summed E-state index contributed by atoms with van der Waals surface area (Å²) in [6.45, 7) is 0. The molecule has 0 saturated heterocycles. The first-order chi connectivity index (χ1) is 14.9. The molecule has 0 radical (unpaired) electrons. The summed E-state index contributed by atoms with van der Waals surface area (Å²) >= 11 is 0. The number of carbonyl (C=O) groups is 1. The van der Waals surface area contributed by atoms with Gasteiger partial charge in [0.15, 0.2) is 0 Å². The third kappa shape index (κ3) is 4.54. The van der Waals surface area contributed by atoms with Gasteiger partial charge in [-0.15, -0.1) is 0 Å². The highest BCUT2D eigenvalue weighted by atomic mass is 19.1. The second-order valence-corrected chi connectivity index (χ2v) is 7.59. The summed E-state index contributed by atoms with van der Waals surface area (Å²) in [6, 6.07) is 17.5. The largest absolute Gasteiger partial charge is 0.497 e. The van der Waals surface area contributed by atoms with Crippen molar-refractivity contribution in [1.82, 2.24) is 0 Å². The number of carboxylic acids is 1. The zero-order valence-electron chi connectivity index (χ0n) is 17.0. The van der Waals surface area contributed by atoms with Crippen LogP contribution in [-0.2, 0) is 11.2 Å². The molecule has 0 fully saturated rings. The predicted molar refractivity (Wildman–Crippen MR) is 114 cm³/mol. The Balaban J connectivity index is 1.54. The van der Waals surface area contributed by atoms with Crippen LogP contribution in [0.1, 0.15) is 41.7 Å². The Kier molecular flexibility index (Phi) is 5.91. The summed E-state index contributed by atoms with van der Waals surface area (Å²) < 4.78 is 25.6. The van der Waals surface area contributed by atoms with E-state index in [1.54, 1.807) is 31.4 Å². The Morgan fingerprint density at radius 2 is 1.94 bits per heavy atom. The molecular formula is C25H23FO5. The van der Waals surface area contributed by atoms with Crippen LogP contribution < -0.4 is 9.47 Å². The SMILES string of the molecule is COc1ccc(F)c(-c2ccc(C3CCc4ccc([C@H](O)CC(=O)O)cc4O3)cc2)c1. The van der Waals surface area contributed by atoms with Crippen molar-refractivity contribution in [2.24, 2.45) is 0 Å². The molecule has 1 unspecified atom stereocenters. The molecule has 3 aromatic carbocycles. The smallest absolute Gasteiger partial charge is 0.306 e. The summed E-state index contributed by atoms with van der Waals surface area (Å²) in [6.07, 6.45) is -0.0180. The number of fused-ring (bicyclic) bond motifs is 1. The normalized spacial score (nSPS) is 16.2. The van der Waals surface area contributed by atoms with Crippen LogP contribution in [0.5, 0.6) is 11.5 Å². The number of rotatable bonds is 6. The number of benzene rings is 3. The van der Waals surface area contributed by atoms with E-state index in [9.17, 15) is 14.3 Å². The first kappa shape index (κ1) is 20.9. The van der Waals surface area contributed by atoms with E-state index in [1.165, 1.54) is 6.07 Å². The van der Waals surface area contributed by atoms with Crippen LogP contribution in [0.25, 0.3) is 11.1 Å². The van der Waals surface area contributed by atoms with Crippen molar-refractivity contribution >= 4 is 5.97 Å². The molecule has 3 aromatic rings. The molecule has 0 spiro atoms. The fourth-order valence-electron chi connectivity index (χ4n) is 3.84. The molecular weight excluding hydrogens is 399 g/mol. The number of carboxylic acid groups (broad SMARTS) is 1. The van der Waals surface area contributed by atoms with Crippen LogP contribution >= 0.6 is 0 Å². The molecule has 31 heavy (non-hydrogen) atoms. The number of aliphatic hydroxyl groups excluding tert-OH is 1. The molecule has 6 heteroatoms. The molecule has 0 aliphatic carbocycles. The van der Waals surface area contributed by atoms with Gasteiger partial charge in [-0.3, -0.25) is 4.79 Å². The summed E-state index contributed by atoms with van der Waals surface area (Å²) in [7, 11) is 1.55. The lowest BCUT2D eigenvalue weighted by molar-refractivity contribution is -0.139. The molecule has 1 heterocycles. The molecule has 0 bridgehead atoms. The lowest BCUT2D eigenvalue weighted by Gasteiger charge is -2.27. The Bertz CT molecular complexity index is 1090. The number of methoxy groups -OCH3 is 1. The molecule has 4 rings (SSSR count). The molecule has 5 nitrogen and oxygen atoms in total. The van der Waals surface area contributed by atoms with E-state index in [-0.39, 0.29) is 18.3 Å². The van der Waals surface area contributed by atoms with E-state index in [2.05, 4.69) is 0 Å². The highest BCUT2D eigenvalue weighted by molar-refractivity contribution is 5.68. The van der Waals surface area contributed by atoms with Gasteiger partial charge in [-0.1, -0.05) is 36.4 Å². The van der Waals surface area contributed by atoms with E-state index in [0.29, 0.717) is 22.6 Å². The number of aliphatic carboxylic acids is 1. The highest BCUT2D eigenvalue weighted by Gasteiger charge is 2.23. The van der Waals surface area contributed by atoms with Gasteiger partial charge in [0, 0.05) is 5.56 Å². The van der Waals surface area contributed by atoms with Gasteiger partial charge >= 0.3 is 5.97 Å². The molecule has 160 valence electrons. The van der Waals surface area contributed by atoms with Crippen LogP contribution in [-0.4, -0.2) is 23.3 Å². The molecule has 0 saturated carbocycles. The Hall–Kier alpha value is -3.38. The third-order valence-corrected chi connectivity index (χ3v) is 5.56. The number of aliphatic hydroxyl groups is 1. The van der Waals surface area contributed by atoms with Crippen LogP contribution in [0.4, 0.5) is 4.39 Å². The molecule has 0 aromatic heterocycles. The van der Waals surface area contributed by atoms with E-state index < -0.39 is 12.1 Å². The zero-order chi connectivity index (χ0) is 22.0. The lowest BCUT2D eigenvalue weighted by Crippen LogP contribution is -2.16. The van der Waals surface area contributed by atoms with Crippen molar-refractivity contribution in [3.05, 3.63) is 83.2 Å². The summed E-state index contributed by atoms with van der Waals surface area (Å²) in [4.78, 5) is 10.9. The number of aryl methyl sites for hydroxylation is 1. The first-order valence-corrected chi connectivity index (χ1v) is 10.1. The quantitative estimate of drug-likeness (QED) is 0.580. The van der Waals surface area contributed by atoms with Crippen LogP contribution in [0.15, 0.2) is 60.7 Å². The number of hydrogen-bond donors (Lipinski definition) is 2.